The highest BCUT2D eigenvalue weighted by Crippen LogP contribution is 2.34. The van der Waals surface area contributed by atoms with E-state index in [0.717, 1.165) is 0 Å². The third-order valence-corrected chi connectivity index (χ3v) is 7.92. The standard InChI is InChI=1S/C23H27N7O5S/c1-29-13-9-23(32,21(29)31)20-14-19(28-35-20)17-5-3-4-16(26-17)18-6-10-24-22(27-18)25-15-7-11-30(12-8-15)36(2,33)34/h3-6,10,14-15,32H,7-9,11-13H2,1-2H3,(H,24,25,27)/t23-/m1/s1. The minimum atomic E-state index is -3.18. The van der Waals surface area contributed by atoms with Crippen molar-refractivity contribution >= 4 is 21.9 Å². The van der Waals surface area contributed by atoms with Crippen LogP contribution >= 0.6 is 0 Å². The summed E-state index contributed by atoms with van der Waals surface area (Å²) in [5, 5.41) is 18.1. The van der Waals surface area contributed by atoms with E-state index in [4.69, 9.17) is 4.52 Å². The molecule has 0 aromatic carbocycles. The summed E-state index contributed by atoms with van der Waals surface area (Å²) in [5.41, 5.74) is 0.365. The molecule has 0 bridgehead atoms. The molecule has 0 spiro atoms. The Balaban J connectivity index is 1.32. The molecule has 0 aliphatic carbocycles. The zero-order valence-corrected chi connectivity index (χ0v) is 20.8. The van der Waals surface area contributed by atoms with Gasteiger partial charge < -0.3 is 19.8 Å². The fraction of sp³-hybridized carbons (Fsp3) is 0.435. The van der Waals surface area contributed by atoms with Gasteiger partial charge in [0.1, 0.15) is 5.69 Å². The molecule has 12 nitrogen and oxygen atoms in total. The van der Waals surface area contributed by atoms with E-state index < -0.39 is 21.5 Å². The highest BCUT2D eigenvalue weighted by Gasteiger charge is 2.48. The van der Waals surface area contributed by atoms with E-state index in [-0.39, 0.29) is 18.2 Å². The number of nitrogens with one attached hydrogen (secondary N) is 1. The number of anilines is 1. The predicted octanol–water partition coefficient (Wildman–Crippen LogP) is 1.08. The van der Waals surface area contributed by atoms with Crippen LogP contribution in [0.25, 0.3) is 22.8 Å². The van der Waals surface area contributed by atoms with Gasteiger partial charge in [0.25, 0.3) is 5.91 Å². The molecule has 2 aliphatic heterocycles. The molecule has 3 aromatic rings. The van der Waals surface area contributed by atoms with Gasteiger partial charge in [-0.3, -0.25) is 4.79 Å². The first kappa shape index (κ1) is 24.3. The minimum Gasteiger partial charge on any atom is -0.373 e. The van der Waals surface area contributed by atoms with Crippen LogP contribution in [0.2, 0.25) is 0 Å². The van der Waals surface area contributed by atoms with Crippen LogP contribution in [0.4, 0.5) is 5.95 Å². The van der Waals surface area contributed by atoms with Gasteiger partial charge in [-0.2, -0.15) is 0 Å². The molecule has 3 aromatic heterocycles. The number of hydrogen-bond donors (Lipinski definition) is 2. The molecule has 13 heteroatoms. The van der Waals surface area contributed by atoms with Crippen molar-refractivity contribution in [2.75, 3.05) is 38.3 Å². The molecule has 2 fully saturated rings. The fourth-order valence-corrected chi connectivity index (χ4v) is 5.35. The number of amides is 1. The Labute approximate surface area is 208 Å². The molecule has 5 heterocycles. The number of aromatic nitrogens is 4. The predicted molar refractivity (Wildman–Crippen MR) is 130 cm³/mol. The number of carbonyl (C=O) groups excluding carboxylic acids is 1. The average Bonchev–Trinajstić information content (AvgIpc) is 3.47. The van der Waals surface area contributed by atoms with Crippen molar-refractivity contribution in [2.45, 2.75) is 30.9 Å². The average molecular weight is 514 g/mol. The van der Waals surface area contributed by atoms with Crippen molar-refractivity contribution in [1.82, 2.24) is 29.3 Å². The Morgan fingerprint density at radius 3 is 2.44 bits per heavy atom. The lowest BCUT2D eigenvalue weighted by molar-refractivity contribution is -0.144. The second-order valence-corrected chi connectivity index (χ2v) is 11.2. The van der Waals surface area contributed by atoms with Gasteiger partial charge in [-0.05, 0) is 31.0 Å². The van der Waals surface area contributed by atoms with Crippen LogP contribution in [0.5, 0.6) is 0 Å². The van der Waals surface area contributed by atoms with E-state index in [1.54, 1.807) is 31.4 Å². The maximum Gasteiger partial charge on any atom is 0.262 e. The lowest BCUT2D eigenvalue weighted by atomic mass is 9.98. The highest BCUT2D eigenvalue weighted by molar-refractivity contribution is 7.88. The van der Waals surface area contributed by atoms with Crippen LogP contribution in [0.3, 0.4) is 0 Å². The Morgan fingerprint density at radius 1 is 1.08 bits per heavy atom. The van der Waals surface area contributed by atoms with Crippen LogP contribution < -0.4 is 5.32 Å². The summed E-state index contributed by atoms with van der Waals surface area (Å²) in [7, 11) is -1.55. The number of carbonyl (C=O) groups is 1. The zero-order valence-electron chi connectivity index (χ0n) is 20.0. The Hall–Kier alpha value is -3.42. The fourth-order valence-electron chi connectivity index (χ4n) is 4.48. The SMILES string of the molecule is CN1CC[C@@](O)(c2cc(-c3cccc(-c4ccnc(NC5CCN(S(C)(=O)=O)CC5)n4)n3)no2)C1=O. The molecule has 2 aliphatic rings. The molecule has 0 unspecified atom stereocenters. The summed E-state index contributed by atoms with van der Waals surface area (Å²) in [6.07, 6.45) is 4.41. The van der Waals surface area contributed by atoms with Gasteiger partial charge in [0.2, 0.25) is 21.6 Å². The van der Waals surface area contributed by atoms with E-state index in [1.807, 2.05) is 12.1 Å². The first-order chi connectivity index (χ1) is 17.1. The molecule has 2 N–H and O–H groups in total. The van der Waals surface area contributed by atoms with Crippen molar-refractivity contribution in [3.63, 3.8) is 0 Å². The van der Waals surface area contributed by atoms with Gasteiger partial charge in [-0.25, -0.2) is 27.7 Å². The third kappa shape index (κ3) is 4.68. The van der Waals surface area contributed by atoms with Gasteiger partial charge in [0.05, 0.1) is 23.3 Å². The van der Waals surface area contributed by atoms with Gasteiger partial charge in [-0.15, -0.1) is 0 Å². The van der Waals surface area contributed by atoms with Crippen LogP contribution in [-0.4, -0.2) is 87.7 Å². The second-order valence-electron chi connectivity index (χ2n) is 9.17. The summed E-state index contributed by atoms with van der Waals surface area (Å²) >= 11 is 0. The van der Waals surface area contributed by atoms with E-state index in [1.165, 1.54) is 15.5 Å². The maximum atomic E-state index is 12.4. The number of pyridine rings is 1. The molecule has 0 radical (unpaired) electrons. The van der Waals surface area contributed by atoms with Crippen molar-refractivity contribution in [2.24, 2.45) is 0 Å². The normalized spacial score (nSPS) is 21.8. The van der Waals surface area contributed by atoms with E-state index >= 15 is 0 Å². The largest absolute Gasteiger partial charge is 0.373 e. The van der Waals surface area contributed by atoms with E-state index in [2.05, 4.69) is 25.4 Å². The first-order valence-electron chi connectivity index (χ1n) is 11.6. The highest BCUT2D eigenvalue weighted by atomic mass is 32.2. The monoisotopic (exact) mass is 513 g/mol. The van der Waals surface area contributed by atoms with Gasteiger partial charge in [0.15, 0.2) is 5.76 Å². The zero-order chi connectivity index (χ0) is 25.5. The molecule has 5 rings (SSSR count). The van der Waals surface area contributed by atoms with Gasteiger partial charge in [-0.1, -0.05) is 11.2 Å². The van der Waals surface area contributed by atoms with Crippen molar-refractivity contribution < 1.29 is 22.8 Å². The molecule has 0 saturated carbocycles. The summed E-state index contributed by atoms with van der Waals surface area (Å²) < 4.78 is 30.3. The smallest absolute Gasteiger partial charge is 0.262 e. The number of sulfonamides is 1. The number of rotatable bonds is 6. The number of piperidine rings is 1. The number of hydrogen-bond acceptors (Lipinski definition) is 10. The van der Waals surface area contributed by atoms with Gasteiger partial charge >= 0.3 is 0 Å². The Bertz CT molecular complexity index is 1390. The molecular formula is C23H27N7O5S. The summed E-state index contributed by atoms with van der Waals surface area (Å²) in [6.45, 7) is 1.34. The Kier molecular flexibility index (Phi) is 6.22. The number of nitrogens with zero attached hydrogens (tertiary/aromatic N) is 6. The van der Waals surface area contributed by atoms with Crippen LogP contribution in [-0.2, 0) is 20.4 Å². The van der Waals surface area contributed by atoms with Crippen LogP contribution in [0.1, 0.15) is 25.0 Å². The first-order valence-corrected chi connectivity index (χ1v) is 13.5. The molecule has 36 heavy (non-hydrogen) atoms. The Morgan fingerprint density at radius 2 is 1.78 bits per heavy atom. The third-order valence-electron chi connectivity index (χ3n) is 6.61. The molecule has 1 amide bonds. The summed E-state index contributed by atoms with van der Waals surface area (Å²) in [4.78, 5) is 27.4. The number of likely N-dealkylation sites (tertiary alicyclic amines) is 1. The van der Waals surface area contributed by atoms with Crippen LogP contribution in [0, 0.1) is 0 Å². The van der Waals surface area contributed by atoms with Crippen molar-refractivity contribution in [3.8, 4) is 22.8 Å². The van der Waals surface area contributed by atoms with E-state index in [0.29, 0.717) is 61.2 Å². The van der Waals surface area contributed by atoms with Gasteiger partial charge in [0, 0.05) is 51.4 Å². The lowest BCUT2D eigenvalue weighted by Gasteiger charge is -2.30. The van der Waals surface area contributed by atoms with Crippen LogP contribution in [0.15, 0.2) is 41.1 Å². The minimum absolute atomic E-state index is 0.0641. The molecule has 190 valence electrons. The second kappa shape index (κ2) is 9.22. The number of likely N-dealkylation sites (N-methyl/N-ethyl adjacent to an activating group) is 1. The summed E-state index contributed by atoms with van der Waals surface area (Å²) in [5.74, 6) is 0.108. The van der Waals surface area contributed by atoms with Crippen molar-refractivity contribution in [1.29, 1.82) is 0 Å². The van der Waals surface area contributed by atoms with Crippen molar-refractivity contribution in [3.05, 3.63) is 42.3 Å². The quantitative estimate of drug-likeness (QED) is 0.489. The summed E-state index contributed by atoms with van der Waals surface area (Å²) in [6, 6.07) is 8.73. The van der Waals surface area contributed by atoms with E-state index in [9.17, 15) is 18.3 Å². The maximum absolute atomic E-state index is 12.4. The molecular weight excluding hydrogens is 486 g/mol. The molecule has 1 atom stereocenters. The molecule has 2 saturated heterocycles. The topological polar surface area (TPSA) is 155 Å². The number of aliphatic hydroxyl groups is 1. The lowest BCUT2D eigenvalue weighted by Crippen LogP contribution is -2.42.